The second kappa shape index (κ2) is 8.59. The first-order chi connectivity index (χ1) is 13.7. The molecule has 2 aromatic heterocycles. The lowest BCUT2D eigenvalue weighted by atomic mass is 10.1. The Morgan fingerprint density at radius 3 is 2.31 bits per heavy atom. The van der Waals surface area contributed by atoms with Gasteiger partial charge < -0.3 is 5.32 Å². The smallest absolute Gasteiger partial charge is 0.321 e. The highest BCUT2D eigenvalue weighted by Gasteiger charge is 2.18. The average Bonchev–Trinajstić information content (AvgIpc) is 3.00. The van der Waals surface area contributed by atoms with Crippen LogP contribution in [0.3, 0.4) is 0 Å². The first-order valence-corrected chi connectivity index (χ1v) is 9.98. The number of aryl methyl sites for hydroxylation is 4. The maximum Gasteiger partial charge on any atom is 0.326 e. The molecule has 9 heteroatoms. The van der Waals surface area contributed by atoms with Gasteiger partial charge >= 0.3 is 6.03 Å². The fourth-order valence-corrected chi connectivity index (χ4v) is 3.87. The molecule has 3 aromatic rings. The lowest BCUT2D eigenvalue weighted by Gasteiger charge is -2.12. The average molecular weight is 430 g/mol. The van der Waals surface area contributed by atoms with Crippen LogP contribution in [-0.2, 0) is 0 Å². The van der Waals surface area contributed by atoms with Gasteiger partial charge in [-0.25, -0.2) is 14.8 Å². The number of pyridine rings is 1. The van der Waals surface area contributed by atoms with Crippen LogP contribution in [0.5, 0.6) is 0 Å². The number of nitrogens with one attached hydrogen (secondary N) is 3. The molecule has 0 spiro atoms. The van der Waals surface area contributed by atoms with Gasteiger partial charge in [0.1, 0.15) is 10.7 Å². The topological polar surface area (TPSA) is 96.0 Å². The van der Waals surface area contributed by atoms with Crippen LogP contribution in [0, 0.1) is 27.7 Å². The summed E-state index contributed by atoms with van der Waals surface area (Å²) in [5, 5.41) is 8.95. The van der Waals surface area contributed by atoms with Gasteiger partial charge in [-0.2, -0.15) is 0 Å². The number of amides is 3. The lowest BCUT2D eigenvalue weighted by molar-refractivity contribution is 0.102. The van der Waals surface area contributed by atoms with Crippen LogP contribution < -0.4 is 16.0 Å². The van der Waals surface area contributed by atoms with E-state index in [1.165, 1.54) is 6.20 Å². The highest BCUT2D eigenvalue weighted by molar-refractivity contribution is 7.17. The second-order valence-corrected chi connectivity index (χ2v) is 8.04. The molecule has 0 fully saturated rings. The number of thiazole rings is 1. The molecule has 0 saturated heterocycles. The summed E-state index contributed by atoms with van der Waals surface area (Å²) in [5.74, 6) is 0.0892. The van der Waals surface area contributed by atoms with Crippen molar-refractivity contribution in [3.63, 3.8) is 0 Å². The molecule has 0 aliphatic rings. The van der Waals surface area contributed by atoms with Gasteiger partial charge in [-0.05, 0) is 51.0 Å². The normalized spacial score (nSPS) is 10.5. The van der Waals surface area contributed by atoms with E-state index in [9.17, 15) is 9.59 Å². The molecule has 0 bridgehead atoms. The zero-order valence-electron chi connectivity index (χ0n) is 16.4. The Hall–Kier alpha value is -2.97. The van der Waals surface area contributed by atoms with Crippen LogP contribution in [0.25, 0.3) is 0 Å². The van der Waals surface area contributed by atoms with E-state index in [1.807, 2.05) is 32.9 Å². The van der Waals surface area contributed by atoms with Crippen molar-refractivity contribution >= 4 is 51.5 Å². The van der Waals surface area contributed by atoms with Gasteiger partial charge in [0.15, 0.2) is 5.13 Å². The maximum absolute atomic E-state index is 12.8. The number of carbonyl (C=O) groups excluding carboxylic acids is 2. The van der Waals surface area contributed by atoms with E-state index in [1.54, 1.807) is 19.1 Å². The van der Waals surface area contributed by atoms with E-state index in [0.29, 0.717) is 26.5 Å². The van der Waals surface area contributed by atoms with Crippen LogP contribution in [0.4, 0.5) is 21.4 Å². The number of hydrogen-bond acceptors (Lipinski definition) is 5. The third kappa shape index (κ3) is 5.10. The summed E-state index contributed by atoms with van der Waals surface area (Å²) in [6, 6.07) is 6.73. The molecule has 0 aliphatic carbocycles. The summed E-state index contributed by atoms with van der Waals surface area (Å²) in [4.78, 5) is 33.6. The minimum absolute atomic E-state index is 0.261. The number of carbonyl (C=O) groups is 2. The number of nitrogens with zero attached hydrogens (tertiary/aromatic N) is 2. The van der Waals surface area contributed by atoms with E-state index in [0.717, 1.165) is 33.7 Å². The molecule has 0 atom stereocenters. The monoisotopic (exact) mass is 429 g/mol. The lowest BCUT2D eigenvalue weighted by Crippen LogP contribution is -2.19. The molecule has 29 heavy (non-hydrogen) atoms. The van der Waals surface area contributed by atoms with Crippen LogP contribution in [-0.4, -0.2) is 21.9 Å². The van der Waals surface area contributed by atoms with Gasteiger partial charge in [-0.3, -0.25) is 15.4 Å². The molecular formula is C20H20ClN5O2S. The van der Waals surface area contributed by atoms with Crippen molar-refractivity contribution < 1.29 is 9.59 Å². The Kier molecular flexibility index (Phi) is 6.14. The summed E-state index contributed by atoms with van der Waals surface area (Å²) >= 11 is 6.88. The standard InChI is InChI=1S/C20H20ClN5O2S/c1-10-7-11(2)16(12(3)8-10)25-18(27)17-13(4)23-20(29-17)26-19(28)24-15-6-5-14(21)9-22-15/h5-9H,1-4H3,(H,25,27)(H2,22,23,24,26,28). The largest absolute Gasteiger partial charge is 0.326 e. The Bertz CT molecular complexity index is 1060. The van der Waals surface area contributed by atoms with Gasteiger partial charge in [0.2, 0.25) is 0 Å². The first kappa shape index (κ1) is 20.8. The van der Waals surface area contributed by atoms with Gasteiger partial charge in [-0.15, -0.1) is 0 Å². The Labute approximate surface area is 177 Å². The van der Waals surface area contributed by atoms with Gasteiger partial charge in [0.25, 0.3) is 5.91 Å². The van der Waals surface area contributed by atoms with Crippen molar-refractivity contribution in [1.82, 2.24) is 9.97 Å². The van der Waals surface area contributed by atoms with Crippen molar-refractivity contribution in [2.75, 3.05) is 16.0 Å². The van der Waals surface area contributed by atoms with E-state index < -0.39 is 6.03 Å². The quantitative estimate of drug-likeness (QED) is 0.522. The highest BCUT2D eigenvalue weighted by Crippen LogP contribution is 2.27. The fourth-order valence-electron chi connectivity index (χ4n) is 2.90. The molecule has 3 amide bonds. The summed E-state index contributed by atoms with van der Waals surface area (Å²) in [6.45, 7) is 7.65. The minimum Gasteiger partial charge on any atom is -0.321 e. The Balaban J connectivity index is 1.70. The summed E-state index contributed by atoms with van der Waals surface area (Å²) < 4.78 is 0. The van der Waals surface area contributed by atoms with Gasteiger partial charge in [0.05, 0.1) is 10.7 Å². The van der Waals surface area contributed by atoms with Crippen LogP contribution in [0.2, 0.25) is 5.02 Å². The number of benzene rings is 1. The number of halogens is 1. The number of hydrogen-bond donors (Lipinski definition) is 3. The molecular weight excluding hydrogens is 410 g/mol. The zero-order chi connectivity index (χ0) is 21.1. The molecule has 0 aliphatic heterocycles. The number of anilines is 3. The predicted octanol–water partition coefficient (Wildman–Crippen LogP) is 5.32. The van der Waals surface area contributed by atoms with Crippen molar-refractivity contribution in [1.29, 1.82) is 0 Å². The molecule has 3 rings (SSSR count). The van der Waals surface area contributed by atoms with Crippen LogP contribution in [0.1, 0.15) is 32.1 Å². The Morgan fingerprint density at radius 2 is 1.69 bits per heavy atom. The fraction of sp³-hybridized carbons (Fsp3) is 0.200. The van der Waals surface area contributed by atoms with Crippen molar-refractivity contribution in [3.8, 4) is 0 Å². The van der Waals surface area contributed by atoms with Crippen molar-refractivity contribution in [2.45, 2.75) is 27.7 Å². The van der Waals surface area contributed by atoms with Gasteiger partial charge in [0, 0.05) is 11.9 Å². The van der Waals surface area contributed by atoms with Gasteiger partial charge in [-0.1, -0.05) is 40.6 Å². The molecule has 0 saturated carbocycles. The number of rotatable bonds is 4. The predicted molar refractivity (Wildman–Crippen MR) is 117 cm³/mol. The van der Waals surface area contributed by atoms with E-state index >= 15 is 0 Å². The molecule has 1 aromatic carbocycles. The van der Waals surface area contributed by atoms with E-state index in [2.05, 4.69) is 25.9 Å². The third-order valence-electron chi connectivity index (χ3n) is 4.11. The molecule has 150 valence electrons. The van der Waals surface area contributed by atoms with E-state index in [4.69, 9.17) is 11.6 Å². The molecule has 0 unspecified atom stereocenters. The molecule has 0 radical (unpaired) electrons. The Morgan fingerprint density at radius 1 is 1.00 bits per heavy atom. The van der Waals surface area contributed by atoms with E-state index in [-0.39, 0.29) is 5.91 Å². The van der Waals surface area contributed by atoms with Crippen LogP contribution >= 0.6 is 22.9 Å². The zero-order valence-corrected chi connectivity index (χ0v) is 18.0. The summed E-state index contributed by atoms with van der Waals surface area (Å²) in [5.41, 5.74) is 4.45. The molecule has 3 N–H and O–H groups in total. The number of urea groups is 1. The summed E-state index contributed by atoms with van der Waals surface area (Å²) in [6.07, 6.45) is 1.43. The number of aromatic nitrogens is 2. The van der Waals surface area contributed by atoms with Crippen molar-refractivity contribution in [3.05, 3.63) is 62.7 Å². The summed E-state index contributed by atoms with van der Waals surface area (Å²) in [7, 11) is 0. The highest BCUT2D eigenvalue weighted by atomic mass is 35.5. The SMILES string of the molecule is Cc1cc(C)c(NC(=O)c2sc(NC(=O)Nc3ccc(Cl)cn3)nc2C)c(C)c1. The minimum atomic E-state index is -0.509. The second-order valence-electron chi connectivity index (χ2n) is 6.60. The first-order valence-electron chi connectivity index (χ1n) is 8.79. The maximum atomic E-state index is 12.8. The van der Waals surface area contributed by atoms with Crippen molar-refractivity contribution in [2.24, 2.45) is 0 Å². The molecule has 7 nitrogen and oxygen atoms in total. The molecule has 2 heterocycles. The third-order valence-corrected chi connectivity index (χ3v) is 5.40. The van der Waals surface area contributed by atoms with Crippen LogP contribution in [0.15, 0.2) is 30.5 Å².